The van der Waals surface area contributed by atoms with Gasteiger partial charge in [-0.05, 0) is 36.4 Å². The lowest BCUT2D eigenvalue weighted by molar-refractivity contribution is -0.0257. The number of piperidine rings is 1. The van der Waals surface area contributed by atoms with Crippen molar-refractivity contribution in [2.24, 2.45) is 5.41 Å². The van der Waals surface area contributed by atoms with Crippen molar-refractivity contribution in [1.82, 2.24) is 19.9 Å². The predicted molar refractivity (Wildman–Crippen MR) is 139 cm³/mol. The molecule has 2 saturated heterocycles. The number of fused-ring (bicyclic) bond motifs is 1. The molecule has 3 aromatic rings. The summed E-state index contributed by atoms with van der Waals surface area (Å²) in [6, 6.07) is 4.14. The van der Waals surface area contributed by atoms with Crippen LogP contribution in [0.25, 0.3) is 10.8 Å². The van der Waals surface area contributed by atoms with E-state index in [1.807, 2.05) is 39.2 Å². The molecule has 0 bridgehead atoms. The minimum Gasteiger partial charge on any atom is -0.396 e. The van der Waals surface area contributed by atoms with Gasteiger partial charge in [-0.25, -0.2) is 19.3 Å². The molecule has 0 aromatic carbocycles. The molecule has 2 aliphatic rings. The maximum Gasteiger partial charge on any atom is 0.227 e. The van der Waals surface area contributed by atoms with Gasteiger partial charge in [-0.15, -0.1) is 0 Å². The third kappa shape index (κ3) is 4.43. The summed E-state index contributed by atoms with van der Waals surface area (Å²) in [7, 11) is 0. The largest absolute Gasteiger partial charge is 0.396 e. The van der Waals surface area contributed by atoms with Crippen LogP contribution in [-0.2, 0) is 0 Å². The van der Waals surface area contributed by atoms with Crippen molar-refractivity contribution in [2.75, 3.05) is 41.4 Å². The normalized spacial score (nSPS) is 24.5. The van der Waals surface area contributed by atoms with Crippen molar-refractivity contribution < 1.29 is 14.6 Å². The number of pyridine rings is 2. The molecule has 3 aromatic heterocycles. The second-order valence-electron chi connectivity index (χ2n) is 10.8. The summed E-state index contributed by atoms with van der Waals surface area (Å²) >= 11 is 0. The van der Waals surface area contributed by atoms with E-state index in [4.69, 9.17) is 4.98 Å². The topological polar surface area (TPSA) is 111 Å². The first-order chi connectivity index (χ1) is 17.2. The van der Waals surface area contributed by atoms with Gasteiger partial charge in [-0.3, -0.25) is 0 Å². The van der Waals surface area contributed by atoms with E-state index in [2.05, 4.69) is 32.1 Å². The third-order valence-corrected chi connectivity index (χ3v) is 7.50. The van der Waals surface area contributed by atoms with Crippen LogP contribution >= 0.6 is 0 Å². The van der Waals surface area contributed by atoms with Crippen LogP contribution in [0.1, 0.15) is 45.6 Å². The summed E-state index contributed by atoms with van der Waals surface area (Å²) in [5.41, 5.74) is 0.338. The van der Waals surface area contributed by atoms with Gasteiger partial charge in [0.1, 0.15) is 23.6 Å². The molecule has 2 aliphatic heterocycles. The molecule has 5 rings (SSSR count). The van der Waals surface area contributed by atoms with Crippen molar-refractivity contribution in [2.45, 2.75) is 58.4 Å². The molecular formula is C26H34FN7O2. The van der Waals surface area contributed by atoms with Crippen LogP contribution in [0.2, 0.25) is 0 Å². The molecular weight excluding hydrogens is 461 g/mol. The third-order valence-electron chi connectivity index (χ3n) is 7.50. The Labute approximate surface area is 210 Å². The number of rotatable bonds is 6. The summed E-state index contributed by atoms with van der Waals surface area (Å²) in [4.78, 5) is 22.4. The van der Waals surface area contributed by atoms with Gasteiger partial charge in [0.15, 0.2) is 0 Å². The molecule has 2 fully saturated rings. The number of alkyl halides is 1. The summed E-state index contributed by atoms with van der Waals surface area (Å²) in [6.45, 7) is 9.31. The van der Waals surface area contributed by atoms with Gasteiger partial charge in [0.25, 0.3) is 0 Å². The minimum atomic E-state index is -1.38. The molecule has 4 atom stereocenters. The van der Waals surface area contributed by atoms with E-state index in [0.29, 0.717) is 30.2 Å². The maximum absolute atomic E-state index is 14.5. The monoisotopic (exact) mass is 495 g/mol. The average Bonchev–Trinajstić information content (AvgIpc) is 2.85. The van der Waals surface area contributed by atoms with Gasteiger partial charge in [-0.2, -0.15) is 4.98 Å². The Morgan fingerprint density at radius 3 is 2.67 bits per heavy atom. The number of aliphatic hydroxyl groups excluding tert-OH is 2. The van der Waals surface area contributed by atoms with Gasteiger partial charge in [0.05, 0.1) is 12.6 Å². The first-order valence-electron chi connectivity index (χ1n) is 12.5. The minimum absolute atomic E-state index is 0.0209. The van der Waals surface area contributed by atoms with Crippen LogP contribution in [0.15, 0.2) is 30.7 Å². The Hall–Kier alpha value is -3.11. The number of aliphatic hydroxyl groups is 2. The fourth-order valence-corrected chi connectivity index (χ4v) is 5.07. The Bertz CT molecular complexity index is 1260. The molecule has 0 saturated carbocycles. The van der Waals surface area contributed by atoms with E-state index in [0.717, 1.165) is 35.1 Å². The highest BCUT2D eigenvalue weighted by Gasteiger charge is 2.42. The molecule has 0 radical (unpaired) electrons. The average molecular weight is 496 g/mol. The number of nitrogens with zero attached hydrogens (tertiary/aromatic N) is 6. The second kappa shape index (κ2) is 9.40. The van der Waals surface area contributed by atoms with Crippen LogP contribution < -0.4 is 15.1 Å². The van der Waals surface area contributed by atoms with Gasteiger partial charge in [0.2, 0.25) is 5.95 Å². The highest BCUT2D eigenvalue weighted by atomic mass is 19.1. The highest BCUT2D eigenvalue weighted by molar-refractivity contribution is 5.96. The van der Waals surface area contributed by atoms with Gasteiger partial charge >= 0.3 is 0 Å². The van der Waals surface area contributed by atoms with E-state index in [9.17, 15) is 14.6 Å². The summed E-state index contributed by atoms with van der Waals surface area (Å²) in [5, 5.41) is 25.2. The maximum atomic E-state index is 14.5. The number of aromatic nitrogens is 4. The number of halogens is 1. The Morgan fingerprint density at radius 1 is 1.19 bits per heavy atom. The van der Waals surface area contributed by atoms with Crippen molar-refractivity contribution in [3.8, 4) is 0 Å². The van der Waals surface area contributed by atoms with Crippen molar-refractivity contribution >= 4 is 34.2 Å². The lowest BCUT2D eigenvalue weighted by Gasteiger charge is -2.43. The van der Waals surface area contributed by atoms with E-state index in [1.54, 1.807) is 17.2 Å². The predicted octanol–water partition coefficient (Wildman–Crippen LogP) is 3.40. The van der Waals surface area contributed by atoms with E-state index in [-0.39, 0.29) is 19.1 Å². The zero-order valence-corrected chi connectivity index (χ0v) is 21.2. The highest BCUT2D eigenvalue weighted by Crippen LogP contribution is 2.36. The lowest BCUT2D eigenvalue weighted by Crippen LogP contribution is -2.55. The smallest absolute Gasteiger partial charge is 0.227 e. The molecule has 0 aliphatic carbocycles. The van der Waals surface area contributed by atoms with Gasteiger partial charge in [0, 0.05) is 61.0 Å². The van der Waals surface area contributed by atoms with Crippen LogP contribution in [0, 0.1) is 5.41 Å². The van der Waals surface area contributed by atoms with Gasteiger partial charge < -0.3 is 25.3 Å². The van der Waals surface area contributed by atoms with Crippen LogP contribution in [0.4, 0.5) is 27.8 Å². The lowest BCUT2D eigenvalue weighted by atomic mass is 9.80. The summed E-state index contributed by atoms with van der Waals surface area (Å²) in [5.74, 6) is 2.38. The quantitative estimate of drug-likeness (QED) is 0.474. The molecule has 0 spiro atoms. The number of hydrogen-bond donors (Lipinski definition) is 3. The van der Waals surface area contributed by atoms with E-state index >= 15 is 0 Å². The zero-order chi connectivity index (χ0) is 25.6. The van der Waals surface area contributed by atoms with Crippen molar-refractivity contribution in [3.05, 3.63) is 36.3 Å². The molecule has 0 amide bonds. The van der Waals surface area contributed by atoms with Crippen molar-refractivity contribution in [1.29, 1.82) is 0 Å². The fraction of sp³-hybridized carbons (Fsp3) is 0.538. The Balaban J connectivity index is 1.46. The molecule has 192 valence electrons. The molecule has 10 heteroatoms. The number of nitrogens with one attached hydrogen (secondary N) is 1. The van der Waals surface area contributed by atoms with E-state index in [1.165, 1.54) is 0 Å². The van der Waals surface area contributed by atoms with Crippen LogP contribution in [0.3, 0.4) is 0 Å². The molecule has 36 heavy (non-hydrogen) atoms. The van der Waals surface area contributed by atoms with Gasteiger partial charge in [-0.1, -0.05) is 20.8 Å². The number of hydrogen-bond acceptors (Lipinski definition) is 9. The Morgan fingerprint density at radius 2 is 2.00 bits per heavy atom. The zero-order valence-electron chi connectivity index (χ0n) is 21.2. The first kappa shape index (κ1) is 24.6. The first-order valence-corrected chi connectivity index (χ1v) is 12.5. The molecule has 3 N–H and O–H groups in total. The Kier molecular flexibility index (Phi) is 6.42. The molecule has 0 unspecified atom stereocenters. The second-order valence-corrected chi connectivity index (χ2v) is 10.8. The van der Waals surface area contributed by atoms with Crippen molar-refractivity contribution in [3.63, 3.8) is 0 Å². The van der Waals surface area contributed by atoms with Crippen LogP contribution in [-0.4, -0.2) is 74.7 Å². The summed E-state index contributed by atoms with van der Waals surface area (Å²) < 4.78 is 14.5. The summed E-state index contributed by atoms with van der Waals surface area (Å²) in [6.07, 6.45) is 4.05. The molecule has 9 nitrogen and oxygen atoms in total. The fourth-order valence-electron chi connectivity index (χ4n) is 5.07. The molecule has 5 heterocycles. The number of anilines is 4. The van der Waals surface area contributed by atoms with Crippen LogP contribution in [0.5, 0.6) is 0 Å². The SMILES string of the molecule is C[C@@H]1CCN1c1ncc([C@@H](C)CO)c2cc(Nc3ccnc(N4C[C@@H](F)[C@@H](O)C(C)(C)C4)n3)ncc12. The van der Waals surface area contributed by atoms with E-state index < -0.39 is 17.7 Å². The standard InChI is InChI=1S/C26H34FN7O2/c1-15(13-35)18-10-30-24(34-8-6-16(34)2)19-11-29-22(9-17(18)19)31-21-5-7-28-25(32-21)33-12-20(27)23(36)26(3,4)14-33/h5,7,9-11,15-16,20,23,35-36H,6,8,12-14H2,1-4H3,(H,28,29,31,32)/t15-,16+,20+,23+/m0/s1.